The molecule has 7 nitrogen and oxygen atoms in total. The second kappa shape index (κ2) is 7.52. The van der Waals surface area contributed by atoms with E-state index in [0.29, 0.717) is 24.8 Å². The number of aromatic nitrogens is 1. The summed E-state index contributed by atoms with van der Waals surface area (Å²) in [7, 11) is 3.51. The Hall–Kier alpha value is -1.89. The fourth-order valence-electron chi connectivity index (χ4n) is 1.64. The van der Waals surface area contributed by atoms with Gasteiger partial charge in [-0.3, -0.25) is 10.1 Å². The molecule has 0 aliphatic rings. The molecule has 0 aromatic carbocycles. The third-order valence-corrected chi connectivity index (χ3v) is 2.60. The van der Waals surface area contributed by atoms with Crippen molar-refractivity contribution in [1.82, 2.24) is 4.98 Å². The number of methoxy groups -OCH3 is 1. The molecule has 0 aliphatic heterocycles. The molecule has 1 rings (SSSR count). The molecule has 1 aromatic heterocycles. The molecular weight excluding hydrogens is 248 g/mol. The minimum Gasteiger partial charge on any atom is -0.385 e. The fourth-order valence-corrected chi connectivity index (χ4v) is 1.64. The number of nitrogens with zero attached hydrogens (tertiary/aromatic N) is 3. The Morgan fingerprint density at radius 1 is 1.53 bits per heavy atom. The summed E-state index contributed by atoms with van der Waals surface area (Å²) >= 11 is 0. The molecule has 0 atom stereocenters. The molecule has 1 heterocycles. The van der Waals surface area contributed by atoms with E-state index in [4.69, 9.17) is 4.74 Å². The summed E-state index contributed by atoms with van der Waals surface area (Å²) in [5, 5.41) is 13.9. The van der Waals surface area contributed by atoms with E-state index in [2.05, 4.69) is 10.3 Å². The lowest BCUT2D eigenvalue weighted by Gasteiger charge is -2.18. The van der Waals surface area contributed by atoms with Gasteiger partial charge in [0.15, 0.2) is 0 Å². The van der Waals surface area contributed by atoms with Gasteiger partial charge in [0.05, 0.1) is 17.1 Å². The summed E-state index contributed by atoms with van der Waals surface area (Å²) in [5.74, 6) is 1.10. The average Bonchev–Trinajstić information content (AvgIpc) is 2.39. The number of rotatable bonds is 8. The van der Waals surface area contributed by atoms with Crippen molar-refractivity contribution in [3.63, 3.8) is 0 Å². The van der Waals surface area contributed by atoms with Gasteiger partial charge in [-0.15, -0.1) is 0 Å². The number of nitrogens with one attached hydrogen (secondary N) is 1. The van der Waals surface area contributed by atoms with E-state index >= 15 is 0 Å². The van der Waals surface area contributed by atoms with Crippen molar-refractivity contribution in [2.45, 2.75) is 13.3 Å². The number of anilines is 2. The Kier molecular flexibility index (Phi) is 6.01. The highest BCUT2D eigenvalue weighted by Gasteiger charge is 2.13. The number of ether oxygens (including phenoxy) is 1. The predicted molar refractivity (Wildman–Crippen MR) is 74.8 cm³/mol. The second-order valence-corrected chi connectivity index (χ2v) is 4.12. The normalized spacial score (nSPS) is 10.3. The Morgan fingerprint density at radius 3 is 2.84 bits per heavy atom. The summed E-state index contributed by atoms with van der Waals surface area (Å²) in [6.45, 7) is 3.97. The topological polar surface area (TPSA) is 80.5 Å². The van der Waals surface area contributed by atoms with Crippen LogP contribution in [0.25, 0.3) is 0 Å². The lowest BCUT2D eigenvalue weighted by Crippen LogP contribution is -2.21. The summed E-state index contributed by atoms with van der Waals surface area (Å²) in [6.07, 6.45) is 0.841. The molecule has 0 saturated carbocycles. The van der Waals surface area contributed by atoms with Gasteiger partial charge in [0, 0.05) is 33.9 Å². The van der Waals surface area contributed by atoms with Crippen LogP contribution in [0, 0.1) is 10.1 Å². The minimum atomic E-state index is -0.408. The maximum Gasteiger partial charge on any atom is 0.276 e. The summed E-state index contributed by atoms with van der Waals surface area (Å²) in [5.41, 5.74) is 0.0412. The molecule has 0 spiro atoms. The first-order chi connectivity index (χ1) is 9.08. The van der Waals surface area contributed by atoms with Crippen LogP contribution in [0.3, 0.4) is 0 Å². The quantitative estimate of drug-likeness (QED) is 0.440. The zero-order valence-corrected chi connectivity index (χ0v) is 11.5. The van der Waals surface area contributed by atoms with Crippen LogP contribution in [0.1, 0.15) is 13.3 Å². The standard InChI is InChI=1S/C12H20N4O3/c1-4-13-11-8-10(16(17)18)9-12(14-11)15(2)6-5-7-19-3/h8-9H,4-7H2,1-3H3,(H,13,14). The molecular formula is C12H20N4O3. The highest BCUT2D eigenvalue weighted by molar-refractivity contribution is 5.55. The van der Waals surface area contributed by atoms with Crippen LogP contribution in [-0.4, -0.2) is 43.8 Å². The predicted octanol–water partition coefficient (Wildman–Crippen LogP) is 1.89. The van der Waals surface area contributed by atoms with Crippen LogP contribution in [0.15, 0.2) is 12.1 Å². The number of pyridine rings is 1. The molecule has 1 N–H and O–H groups in total. The van der Waals surface area contributed by atoms with Gasteiger partial charge >= 0.3 is 0 Å². The van der Waals surface area contributed by atoms with Gasteiger partial charge in [0.25, 0.3) is 5.69 Å². The Bertz CT molecular complexity index is 425. The average molecular weight is 268 g/mol. The van der Waals surface area contributed by atoms with Crippen LogP contribution in [-0.2, 0) is 4.74 Å². The van der Waals surface area contributed by atoms with E-state index in [1.807, 2.05) is 18.9 Å². The summed E-state index contributed by atoms with van der Waals surface area (Å²) in [6, 6.07) is 2.92. The maximum atomic E-state index is 10.9. The third-order valence-electron chi connectivity index (χ3n) is 2.60. The van der Waals surface area contributed by atoms with Crippen LogP contribution in [0.5, 0.6) is 0 Å². The zero-order valence-electron chi connectivity index (χ0n) is 11.5. The van der Waals surface area contributed by atoms with Crippen LogP contribution in [0.4, 0.5) is 17.3 Å². The molecule has 0 fully saturated rings. The maximum absolute atomic E-state index is 10.9. The second-order valence-electron chi connectivity index (χ2n) is 4.12. The smallest absolute Gasteiger partial charge is 0.276 e. The molecule has 0 radical (unpaired) electrons. The largest absolute Gasteiger partial charge is 0.385 e. The van der Waals surface area contributed by atoms with Crippen molar-refractivity contribution in [2.24, 2.45) is 0 Å². The van der Waals surface area contributed by atoms with Gasteiger partial charge in [0.2, 0.25) is 0 Å². The Labute approximate surface area is 112 Å². The molecule has 7 heteroatoms. The van der Waals surface area contributed by atoms with Gasteiger partial charge in [0.1, 0.15) is 11.6 Å². The molecule has 106 valence electrons. The van der Waals surface area contributed by atoms with E-state index < -0.39 is 4.92 Å². The van der Waals surface area contributed by atoms with Crippen molar-refractivity contribution in [3.05, 3.63) is 22.2 Å². The first-order valence-electron chi connectivity index (χ1n) is 6.19. The van der Waals surface area contributed by atoms with Crippen molar-refractivity contribution in [2.75, 3.05) is 44.1 Å². The van der Waals surface area contributed by atoms with E-state index in [1.54, 1.807) is 7.11 Å². The van der Waals surface area contributed by atoms with Gasteiger partial charge in [-0.2, -0.15) is 0 Å². The molecule has 0 saturated heterocycles. The third kappa shape index (κ3) is 4.70. The molecule has 1 aromatic rings. The van der Waals surface area contributed by atoms with Crippen molar-refractivity contribution >= 4 is 17.3 Å². The van der Waals surface area contributed by atoms with Crippen molar-refractivity contribution in [3.8, 4) is 0 Å². The van der Waals surface area contributed by atoms with Gasteiger partial charge in [-0.05, 0) is 13.3 Å². The summed E-state index contributed by atoms with van der Waals surface area (Å²) in [4.78, 5) is 16.7. The van der Waals surface area contributed by atoms with Crippen LogP contribution >= 0.6 is 0 Å². The van der Waals surface area contributed by atoms with Crippen molar-refractivity contribution in [1.29, 1.82) is 0 Å². The van der Waals surface area contributed by atoms with Crippen LogP contribution < -0.4 is 10.2 Å². The van der Waals surface area contributed by atoms with Crippen molar-refractivity contribution < 1.29 is 9.66 Å². The molecule has 0 amide bonds. The van der Waals surface area contributed by atoms with E-state index in [-0.39, 0.29) is 5.69 Å². The highest BCUT2D eigenvalue weighted by atomic mass is 16.6. The minimum absolute atomic E-state index is 0.0412. The first-order valence-corrected chi connectivity index (χ1v) is 6.19. The van der Waals surface area contributed by atoms with Gasteiger partial charge < -0.3 is 15.0 Å². The van der Waals surface area contributed by atoms with E-state index in [9.17, 15) is 10.1 Å². The Morgan fingerprint density at radius 2 is 2.26 bits per heavy atom. The monoisotopic (exact) mass is 268 g/mol. The lowest BCUT2D eigenvalue weighted by molar-refractivity contribution is -0.384. The van der Waals surface area contributed by atoms with Gasteiger partial charge in [-0.1, -0.05) is 0 Å². The zero-order chi connectivity index (χ0) is 14.3. The van der Waals surface area contributed by atoms with Gasteiger partial charge in [-0.25, -0.2) is 4.98 Å². The molecule has 0 bridgehead atoms. The number of hydrogen-bond donors (Lipinski definition) is 1. The lowest BCUT2D eigenvalue weighted by atomic mass is 10.3. The molecule has 0 aliphatic carbocycles. The Balaban J connectivity index is 2.88. The number of hydrogen-bond acceptors (Lipinski definition) is 6. The molecule has 0 unspecified atom stereocenters. The fraction of sp³-hybridized carbons (Fsp3) is 0.583. The van der Waals surface area contributed by atoms with E-state index in [0.717, 1.165) is 13.0 Å². The SMILES string of the molecule is CCNc1cc([N+](=O)[O-])cc(N(C)CCCOC)n1. The first kappa shape index (κ1) is 15.2. The highest BCUT2D eigenvalue weighted by Crippen LogP contribution is 2.22. The van der Waals surface area contributed by atoms with Crippen LogP contribution in [0.2, 0.25) is 0 Å². The van der Waals surface area contributed by atoms with E-state index in [1.165, 1.54) is 12.1 Å². The summed E-state index contributed by atoms with van der Waals surface area (Å²) < 4.78 is 4.98. The number of nitro groups is 1. The molecule has 19 heavy (non-hydrogen) atoms.